The Morgan fingerprint density at radius 1 is 0.905 bits per heavy atom. The van der Waals surface area contributed by atoms with Crippen molar-refractivity contribution in [1.82, 2.24) is 0 Å². The number of allylic oxidation sites excluding steroid dienone is 1. The summed E-state index contributed by atoms with van der Waals surface area (Å²) in [5.74, 6) is 2.24. The normalized spacial score (nSPS) is 17.5. The van der Waals surface area contributed by atoms with Crippen LogP contribution < -0.4 is 23.7 Å². The molecule has 42 heavy (non-hydrogen) atoms. The van der Waals surface area contributed by atoms with Crippen molar-refractivity contribution in [3.05, 3.63) is 118 Å². The molecule has 7 heteroatoms. The van der Waals surface area contributed by atoms with Gasteiger partial charge in [-0.1, -0.05) is 48.5 Å². The van der Waals surface area contributed by atoms with Crippen molar-refractivity contribution in [3.8, 4) is 28.7 Å². The first-order valence-electron chi connectivity index (χ1n) is 14.0. The van der Waals surface area contributed by atoms with Gasteiger partial charge in [-0.3, -0.25) is 9.59 Å². The summed E-state index contributed by atoms with van der Waals surface area (Å²) in [7, 11) is 1.59. The maximum Gasteiger partial charge on any atom is 0.312 e. The second-order valence-corrected chi connectivity index (χ2v) is 10.5. The van der Waals surface area contributed by atoms with Gasteiger partial charge in [0.05, 0.1) is 32.3 Å². The SMILES string of the molecule is COc1cc(C2CC(=O)Oc3ccc4c(c32)O/C(=C\c2ccccc2)C4=O)ccc1OCCc1ccc2c(c1)CCO2. The predicted octanol–water partition coefficient (Wildman–Crippen LogP) is 6.31. The number of carbonyl (C=O) groups is 2. The summed E-state index contributed by atoms with van der Waals surface area (Å²) in [5.41, 5.74) is 5.24. The lowest BCUT2D eigenvalue weighted by Crippen LogP contribution is -2.21. The van der Waals surface area contributed by atoms with E-state index in [0.717, 1.165) is 36.3 Å². The molecule has 3 aliphatic rings. The topological polar surface area (TPSA) is 80.3 Å². The average Bonchev–Trinajstić information content (AvgIpc) is 3.61. The maximum absolute atomic E-state index is 13.3. The third kappa shape index (κ3) is 4.77. The van der Waals surface area contributed by atoms with E-state index in [4.69, 9.17) is 23.7 Å². The third-order valence-corrected chi connectivity index (χ3v) is 7.87. The molecule has 0 N–H and O–H groups in total. The van der Waals surface area contributed by atoms with Gasteiger partial charge in [-0.05, 0) is 58.7 Å². The van der Waals surface area contributed by atoms with Crippen molar-refractivity contribution >= 4 is 17.8 Å². The van der Waals surface area contributed by atoms with Gasteiger partial charge in [-0.2, -0.15) is 0 Å². The molecule has 7 nitrogen and oxygen atoms in total. The van der Waals surface area contributed by atoms with Gasteiger partial charge in [0.1, 0.15) is 17.2 Å². The van der Waals surface area contributed by atoms with E-state index in [1.54, 1.807) is 25.3 Å². The van der Waals surface area contributed by atoms with Gasteiger partial charge in [0.25, 0.3) is 0 Å². The molecule has 210 valence electrons. The summed E-state index contributed by atoms with van der Waals surface area (Å²) in [5, 5.41) is 0. The van der Waals surface area contributed by atoms with E-state index in [1.807, 2.05) is 54.6 Å². The zero-order valence-electron chi connectivity index (χ0n) is 23.1. The molecule has 0 bridgehead atoms. The first-order chi connectivity index (χ1) is 20.6. The van der Waals surface area contributed by atoms with Crippen molar-refractivity contribution < 1.29 is 33.3 Å². The van der Waals surface area contributed by atoms with Crippen LogP contribution in [-0.4, -0.2) is 32.1 Å². The van der Waals surface area contributed by atoms with Gasteiger partial charge in [-0.15, -0.1) is 0 Å². The quantitative estimate of drug-likeness (QED) is 0.149. The summed E-state index contributed by atoms with van der Waals surface area (Å²) in [6, 6.07) is 24.8. The number of hydrogen-bond acceptors (Lipinski definition) is 7. The minimum atomic E-state index is -0.392. The first-order valence-corrected chi connectivity index (χ1v) is 14.0. The fourth-order valence-corrected chi connectivity index (χ4v) is 5.79. The summed E-state index contributed by atoms with van der Waals surface area (Å²) in [6.07, 6.45) is 3.51. The lowest BCUT2D eigenvalue weighted by Gasteiger charge is -2.26. The lowest BCUT2D eigenvalue weighted by molar-refractivity contribution is -0.135. The van der Waals surface area contributed by atoms with Gasteiger partial charge in [0, 0.05) is 24.3 Å². The highest BCUT2D eigenvalue weighted by Gasteiger charge is 2.38. The Bertz CT molecular complexity index is 1740. The van der Waals surface area contributed by atoms with Crippen LogP contribution in [-0.2, 0) is 17.6 Å². The van der Waals surface area contributed by atoms with E-state index in [9.17, 15) is 9.59 Å². The van der Waals surface area contributed by atoms with Crippen LogP contribution in [0.1, 0.15) is 50.5 Å². The van der Waals surface area contributed by atoms with Crippen LogP contribution in [0.2, 0.25) is 0 Å². The number of ether oxygens (including phenoxy) is 5. The van der Waals surface area contributed by atoms with Crippen LogP contribution >= 0.6 is 0 Å². The molecule has 0 aliphatic carbocycles. The number of esters is 1. The number of methoxy groups -OCH3 is 1. The van der Waals surface area contributed by atoms with E-state index in [-0.39, 0.29) is 23.9 Å². The van der Waals surface area contributed by atoms with Crippen LogP contribution in [0.25, 0.3) is 6.08 Å². The Hall–Kier alpha value is -5.04. The number of fused-ring (bicyclic) bond motifs is 4. The zero-order valence-corrected chi connectivity index (χ0v) is 23.1. The van der Waals surface area contributed by atoms with Crippen LogP contribution in [0.3, 0.4) is 0 Å². The van der Waals surface area contributed by atoms with E-state index in [0.29, 0.717) is 40.7 Å². The molecule has 3 aliphatic heterocycles. The minimum absolute atomic E-state index is 0.101. The molecule has 7 rings (SSSR count). The molecule has 3 heterocycles. The molecule has 4 aromatic rings. The highest BCUT2D eigenvalue weighted by atomic mass is 16.5. The van der Waals surface area contributed by atoms with Crippen molar-refractivity contribution in [3.63, 3.8) is 0 Å². The van der Waals surface area contributed by atoms with E-state index in [2.05, 4.69) is 12.1 Å². The second kappa shape index (κ2) is 10.7. The molecule has 0 spiro atoms. The molecule has 0 saturated carbocycles. The molecule has 0 saturated heterocycles. The van der Waals surface area contributed by atoms with Crippen molar-refractivity contribution in [2.75, 3.05) is 20.3 Å². The number of ketones is 1. The summed E-state index contributed by atoms with van der Waals surface area (Å²) < 4.78 is 29.2. The highest BCUT2D eigenvalue weighted by molar-refractivity contribution is 6.15. The van der Waals surface area contributed by atoms with Crippen molar-refractivity contribution in [2.45, 2.75) is 25.2 Å². The molecule has 0 fully saturated rings. The van der Waals surface area contributed by atoms with Crippen LogP contribution in [0.5, 0.6) is 28.7 Å². The summed E-state index contributed by atoms with van der Waals surface area (Å²) >= 11 is 0. The van der Waals surface area contributed by atoms with Gasteiger partial charge in [0.2, 0.25) is 5.78 Å². The fraction of sp³-hybridized carbons (Fsp3) is 0.200. The third-order valence-electron chi connectivity index (χ3n) is 7.87. The van der Waals surface area contributed by atoms with E-state index >= 15 is 0 Å². The Labute approximate surface area is 243 Å². The maximum atomic E-state index is 13.3. The molecule has 4 aromatic carbocycles. The Morgan fingerprint density at radius 3 is 2.62 bits per heavy atom. The van der Waals surface area contributed by atoms with Gasteiger partial charge >= 0.3 is 5.97 Å². The zero-order chi connectivity index (χ0) is 28.6. The average molecular weight is 561 g/mol. The molecular formula is C35H28O7. The van der Waals surface area contributed by atoms with Gasteiger partial charge in [0.15, 0.2) is 17.3 Å². The van der Waals surface area contributed by atoms with Crippen LogP contribution in [0, 0.1) is 0 Å². The lowest BCUT2D eigenvalue weighted by atomic mass is 9.84. The molecule has 1 unspecified atom stereocenters. The monoisotopic (exact) mass is 560 g/mol. The molecular weight excluding hydrogens is 532 g/mol. The summed E-state index contributed by atoms with van der Waals surface area (Å²) in [4.78, 5) is 25.9. The molecule has 0 aromatic heterocycles. The summed E-state index contributed by atoms with van der Waals surface area (Å²) in [6.45, 7) is 1.22. The number of Topliss-reactive ketones (excluding diaryl/α,β-unsaturated/α-hetero) is 1. The Morgan fingerprint density at radius 2 is 1.76 bits per heavy atom. The van der Waals surface area contributed by atoms with E-state index < -0.39 is 5.92 Å². The number of hydrogen-bond donors (Lipinski definition) is 0. The second-order valence-electron chi connectivity index (χ2n) is 10.5. The van der Waals surface area contributed by atoms with Crippen LogP contribution in [0.15, 0.2) is 84.6 Å². The predicted molar refractivity (Wildman–Crippen MR) is 156 cm³/mol. The van der Waals surface area contributed by atoms with Crippen molar-refractivity contribution in [1.29, 1.82) is 0 Å². The number of benzene rings is 4. The molecule has 1 atom stereocenters. The molecule has 0 radical (unpaired) electrons. The number of carbonyl (C=O) groups excluding carboxylic acids is 2. The highest BCUT2D eigenvalue weighted by Crippen LogP contribution is 2.49. The smallest absolute Gasteiger partial charge is 0.312 e. The van der Waals surface area contributed by atoms with Gasteiger partial charge < -0.3 is 23.7 Å². The van der Waals surface area contributed by atoms with Gasteiger partial charge in [-0.25, -0.2) is 0 Å². The van der Waals surface area contributed by atoms with Crippen molar-refractivity contribution in [2.24, 2.45) is 0 Å². The minimum Gasteiger partial charge on any atom is -0.493 e. The fourth-order valence-electron chi connectivity index (χ4n) is 5.79. The number of rotatable bonds is 7. The van der Waals surface area contributed by atoms with Crippen LogP contribution in [0.4, 0.5) is 0 Å². The molecule has 0 amide bonds. The largest absolute Gasteiger partial charge is 0.493 e. The first kappa shape index (κ1) is 25.9. The Balaban J connectivity index is 1.15. The standard InChI is InChI=1S/C35H28O7/c1-38-30-19-23(8-11-28(30)40-15-13-22-7-10-27-24(17-22)14-16-39-27)26-20-32(36)41-29-12-9-25-34(37)31(42-35(25)33(26)29)18-21-5-3-2-4-6-21/h2-12,17-19,26H,13-16,20H2,1H3/b31-18-. The van der Waals surface area contributed by atoms with E-state index in [1.165, 1.54) is 11.1 Å². The Kier molecular flexibility index (Phi) is 6.62.